The zero-order valence-electron chi connectivity index (χ0n) is 36.8. The van der Waals surface area contributed by atoms with E-state index in [1.54, 1.807) is 36.8 Å². The number of nitrogens with zero attached hydrogens (tertiary/aromatic N) is 4. The zero-order chi connectivity index (χ0) is 44.5. The van der Waals surface area contributed by atoms with Gasteiger partial charge in [-0.05, 0) is 71.4 Å². The molecular weight excluding hydrogens is 771 g/mol. The van der Waals surface area contributed by atoms with Gasteiger partial charge in [-0.2, -0.15) is 0 Å². The number of aliphatic hydroxyl groups excluding tert-OH is 1. The molecule has 1 aliphatic heterocycles. The summed E-state index contributed by atoms with van der Waals surface area (Å²) in [5.74, 6) is -0.687. The number of benzene rings is 2. The normalized spacial score (nSPS) is 15.8. The number of aromatic nitrogens is 2. The highest BCUT2D eigenvalue weighted by molar-refractivity contribution is 5.89. The van der Waals surface area contributed by atoms with Crippen LogP contribution < -0.4 is 16.0 Å². The molecule has 2 aromatic carbocycles. The quantitative estimate of drug-likeness (QED) is 0.0771. The van der Waals surface area contributed by atoms with Crippen LogP contribution in [0.3, 0.4) is 0 Å². The van der Waals surface area contributed by atoms with Crippen LogP contribution in [0.5, 0.6) is 0 Å². The van der Waals surface area contributed by atoms with Crippen LogP contribution in [-0.4, -0.2) is 97.3 Å². The van der Waals surface area contributed by atoms with E-state index < -0.39 is 59.0 Å². The van der Waals surface area contributed by atoms with Crippen molar-refractivity contribution in [1.82, 2.24) is 35.7 Å². The Kier molecular flexibility index (Phi) is 15.3. The molecule has 5 rings (SSSR count). The summed E-state index contributed by atoms with van der Waals surface area (Å²) in [7, 11) is 0. The topological polar surface area (TPSA) is 177 Å². The van der Waals surface area contributed by atoms with Gasteiger partial charge < -0.3 is 36.0 Å². The first kappa shape index (κ1) is 46.2. The van der Waals surface area contributed by atoms with Crippen LogP contribution in [0.25, 0.3) is 11.3 Å². The van der Waals surface area contributed by atoms with Gasteiger partial charge in [0.05, 0.1) is 30.1 Å². The first-order valence-electron chi connectivity index (χ1n) is 21.1. The predicted molar refractivity (Wildman–Crippen MR) is 236 cm³/mol. The summed E-state index contributed by atoms with van der Waals surface area (Å²) in [6, 6.07) is 25.1. The number of aliphatic hydroxyl groups is 1. The Morgan fingerprint density at radius 1 is 0.754 bits per heavy atom. The maximum Gasteiger partial charge on any atom is 0.405 e. The average molecular weight is 834 g/mol. The molecule has 0 saturated carbocycles. The number of amides is 5. The van der Waals surface area contributed by atoms with Crippen molar-refractivity contribution in [3.63, 3.8) is 0 Å². The molecule has 4 aromatic rings. The Labute approximate surface area is 360 Å². The second kappa shape index (κ2) is 20.2. The van der Waals surface area contributed by atoms with E-state index in [-0.39, 0.29) is 24.8 Å². The van der Waals surface area contributed by atoms with E-state index in [1.165, 1.54) is 0 Å². The summed E-state index contributed by atoms with van der Waals surface area (Å²) in [5.41, 5.74) is 3.76. The number of hydrogen-bond donors (Lipinski definition) is 5. The highest BCUT2D eigenvalue weighted by Gasteiger charge is 2.44. The van der Waals surface area contributed by atoms with Gasteiger partial charge >= 0.3 is 12.1 Å². The van der Waals surface area contributed by atoms with Crippen molar-refractivity contribution in [1.29, 1.82) is 0 Å². The van der Waals surface area contributed by atoms with Gasteiger partial charge in [-0.25, -0.2) is 9.59 Å². The third-order valence-corrected chi connectivity index (χ3v) is 11.0. The van der Waals surface area contributed by atoms with Gasteiger partial charge in [0, 0.05) is 36.6 Å². The van der Waals surface area contributed by atoms with Gasteiger partial charge in [-0.1, -0.05) is 122 Å². The molecule has 1 aliphatic rings. The highest BCUT2D eigenvalue weighted by Crippen LogP contribution is 2.30. The van der Waals surface area contributed by atoms with Crippen molar-refractivity contribution in [2.75, 3.05) is 13.1 Å². The van der Waals surface area contributed by atoms with Crippen molar-refractivity contribution in [3.8, 4) is 11.3 Å². The minimum Gasteiger partial charge on any atom is -0.465 e. The second-order valence-corrected chi connectivity index (χ2v) is 18.6. The number of pyridine rings is 2. The molecule has 5 atom stereocenters. The number of carbonyl (C=O) groups is 4. The standard InChI is InChI=1S/C48H63N7O6/c1-31(2)37-19-14-17-35(50-37)30-54-25-26-55(46(54)61)42(48(6,7)8)44(58)52-39(28-32-15-10-9-11-16-32)40(56)29-36(51-43(57)41(47(3,4)5)53-45(59)60)27-33-20-22-34(23-21-33)38-18-12-13-24-49-38/h9-24,31,36,39-42,53,56H,25-30H2,1-8H3,(H,51,57)(H,52,58)(H,59,60)/t36-,39+,40+,41-,42-/m1/s1. The van der Waals surface area contributed by atoms with E-state index >= 15 is 0 Å². The van der Waals surface area contributed by atoms with Crippen LogP contribution in [0.1, 0.15) is 90.2 Å². The van der Waals surface area contributed by atoms with Crippen LogP contribution in [0.2, 0.25) is 0 Å². The summed E-state index contributed by atoms with van der Waals surface area (Å²) < 4.78 is 0. The Bertz CT molecular complexity index is 2080. The van der Waals surface area contributed by atoms with Crippen molar-refractivity contribution in [3.05, 3.63) is 120 Å². The fourth-order valence-corrected chi connectivity index (χ4v) is 7.87. The highest BCUT2D eigenvalue weighted by atomic mass is 16.4. The minimum atomic E-state index is -1.33. The molecule has 0 unspecified atom stereocenters. The first-order chi connectivity index (χ1) is 28.8. The molecule has 3 heterocycles. The van der Waals surface area contributed by atoms with Gasteiger partial charge in [-0.3, -0.25) is 19.6 Å². The third kappa shape index (κ3) is 12.8. The molecule has 1 saturated heterocycles. The lowest BCUT2D eigenvalue weighted by atomic mass is 9.84. The summed E-state index contributed by atoms with van der Waals surface area (Å²) >= 11 is 0. The van der Waals surface area contributed by atoms with E-state index in [0.717, 1.165) is 33.8 Å². The van der Waals surface area contributed by atoms with Crippen molar-refractivity contribution < 1.29 is 29.4 Å². The Balaban J connectivity index is 1.41. The van der Waals surface area contributed by atoms with Crippen LogP contribution in [0.4, 0.5) is 9.59 Å². The largest absolute Gasteiger partial charge is 0.465 e. The predicted octanol–water partition coefficient (Wildman–Crippen LogP) is 6.81. The molecule has 5 N–H and O–H groups in total. The molecule has 0 bridgehead atoms. The maximum atomic E-state index is 14.6. The van der Waals surface area contributed by atoms with Crippen molar-refractivity contribution in [2.45, 2.75) is 117 Å². The van der Waals surface area contributed by atoms with E-state index in [4.69, 9.17) is 4.98 Å². The lowest BCUT2D eigenvalue weighted by molar-refractivity contribution is -0.131. The number of hydrogen-bond acceptors (Lipinski definition) is 7. The third-order valence-electron chi connectivity index (χ3n) is 11.0. The Hall–Kier alpha value is -5.82. The van der Waals surface area contributed by atoms with Gasteiger partial charge in [0.1, 0.15) is 12.1 Å². The lowest BCUT2D eigenvalue weighted by Crippen LogP contribution is -2.59. The molecule has 326 valence electrons. The minimum absolute atomic E-state index is 0.0223. The first-order valence-corrected chi connectivity index (χ1v) is 21.1. The fourth-order valence-electron chi connectivity index (χ4n) is 7.87. The van der Waals surface area contributed by atoms with Crippen LogP contribution in [-0.2, 0) is 29.0 Å². The summed E-state index contributed by atoms with van der Waals surface area (Å²) in [6.07, 6.45) is -0.175. The second-order valence-electron chi connectivity index (χ2n) is 18.6. The number of carboxylic acid groups (broad SMARTS) is 1. The average Bonchev–Trinajstić information content (AvgIpc) is 3.54. The molecular formula is C48H63N7O6. The van der Waals surface area contributed by atoms with Crippen LogP contribution in [0.15, 0.2) is 97.2 Å². The van der Waals surface area contributed by atoms with Crippen LogP contribution in [0, 0.1) is 10.8 Å². The summed E-state index contributed by atoms with van der Waals surface area (Å²) in [4.78, 5) is 66.9. The lowest BCUT2D eigenvalue weighted by Gasteiger charge is -2.38. The Morgan fingerprint density at radius 3 is 2.03 bits per heavy atom. The number of rotatable bonds is 17. The zero-order valence-corrected chi connectivity index (χ0v) is 36.8. The fraction of sp³-hybridized carbons (Fsp3) is 0.458. The summed E-state index contributed by atoms with van der Waals surface area (Å²) in [5, 5.41) is 30.4. The molecule has 5 amide bonds. The smallest absolute Gasteiger partial charge is 0.405 e. The molecule has 0 aliphatic carbocycles. The van der Waals surface area contributed by atoms with E-state index in [9.17, 15) is 29.4 Å². The van der Waals surface area contributed by atoms with E-state index in [2.05, 4.69) is 34.8 Å². The van der Waals surface area contributed by atoms with Crippen LogP contribution >= 0.6 is 0 Å². The molecule has 2 aromatic heterocycles. The molecule has 13 heteroatoms. The molecule has 1 fully saturated rings. The monoisotopic (exact) mass is 833 g/mol. The molecule has 0 radical (unpaired) electrons. The molecule has 61 heavy (non-hydrogen) atoms. The number of nitrogens with one attached hydrogen (secondary N) is 3. The molecule has 0 spiro atoms. The van der Waals surface area contributed by atoms with Crippen molar-refractivity contribution >= 4 is 23.9 Å². The van der Waals surface area contributed by atoms with Gasteiger partial charge in [0.15, 0.2) is 0 Å². The van der Waals surface area contributed by atoms with Gasteiger partial charge in [0.25, 0.3) is 0 Å². The van der Waals surface area contributed by atoms with E-state index in [1.807, 2.05) is 112 Å². The summed E-state index contributed by atoms with van der Waals surface area (Å²) in [6.45, 7) is 16.3. The Morgan fingerprint density at radius 2 is 1.43 bits per heavy atom. The van der Waals surface area contributed by atoms with Crippen molar-refractivity contribution in [2.24, 2.45) is 10.8 Å². The molecule has 13 nitrogen and oxygen atoms in total. The van der Waals surface area contributed by atoms with Gasteiger partial charge in [-0.15, -0.1) is 0 Å². The van der Waals surface area contributed by atoms with E-state index in [0.29, 0.717) is 26.1 Å². The van der Waals surface area contributed by atoms with Gasteiger partial charge in [0.2, 0.25) is 11.8 Å². The SMILES string of the molecule is CC(C)c1cccc(CN2CCN([C@H](C(=O)N[C@@H](Cc3ccccc3)[C@@H](O)C[C@@H](Cc3ccc(-c4ccccn4)cc3)NC(=O)[C@@H](NC(=O)O)C(C)(C)C)C(C)(C)C)C2=O)n1. The maximum absolute atomic E-state index is 14.6. The number of carbonyl (C=O) groups excluding carboxylic acids is 3. The number of urea groups is 1.